The number of carboxylic acid groups (broad SMARTS) is 1. The highest BCUT2D eigenvalue weighted by atomic mass is 32.2. The number of carboxylic acids is 1. The standard InChI is InChI=1S/C16H24N2O6S/c1-11-6-8-12(9-7-11)25(22,23)17-13(14(19)20)10-18(5)15(21)24-16(2,3)4/h6-9,13,17H,10H2,1-5H3,(H,19,20)/t13-/m0/s1. The van der Waals surface area contributed by atoms with Gasteiger partial charge >= 0.3 is 12.1 Å². The van der Waals surface area contributed by atoms with Crippen molar-refractivity contribution in [3.63, 3.8) is 0 Å². The van der Waals surface area contributed by atoms with Crippen LogP contribution in [0.3, 0.4) is 0 Å². The summed E-state index contributed by atoms with van der Waals surface area (Å²) < 4.78 is 31.9. The molecule has 0 heterocycles. The van der Waals surface area contributed by atoms with E-state index in [-0.39, 0.29) is 11.4 Å². The maximum Gasteiger partial charge on any atom is 0.410 e. The molecule has 1 aromatic carbocycles. The number of amides is 1. The number of hydrogen-bond donors (Lipinski definition) is 2. The maximum absolute atomic E-state index is 12.3. The predicted molar refractivity (Wildman–Crippen MR) is 91.8 cm³/mol. The van der Waals surface area contributed by atoms with E-state index in [2.05, 4.69) is 4.72 Å². The summed E-state index contributed by atoms with van der Waals surface area (Å²) in [6.45, 7) is 6.45. The largest absolute Gasteiger partial charge is 0.480 e. The zero-order chi connectivity index (χ0) is 19.4. The van der Waals surface area contributed by atoms with Crippen LogP contribution >= 0.6 is 0 Å². The highest BCUT2D eigenvalue weighted by molar-refractivity contribution is 7.89. The molecule has 0 radical (unpaired) electrons. The quantitative estimate of drug-likeness (QED) is 0.784. The second-order valence-electron chi connectivity index (χ2n) is 6.69. The van der Waals surface area contributed by atoms with Crippen molar-refractivity contribution in [3.05, 3.63) is 29.8 Å². The molecule has 25 heavy (non-hydrogen) atoms. The Balaban J connectivity index is 2.88. The minimum Gasteiger partial charge on any atom is -0.480 e. The molecule has 2 N–H and O–H groups in total. The summed E-state index contributed by atoms with van der Waals surface area (Å²) in [5.41, 5.74) is 0.129. The first kappa shape index (κ1) is 20.9. The number of carbonyl (C=O) groups is 2. The second kappa shape index (κ2) is 7.83. The summed E-state index contributed by atoms with van der Waals surface area (Å²) in [6.07, 6.45) is -0.742. The van der Waals surface area contributed by atoms with Crippen LogP contribution < -0.4 is 4.72 Å². The molecule has 140 valence electrons. The Hall–Kier alpha value is -2.13. The van der Waals surface area contributed by atoms with Crippen LogP contribution in [-0.2, 0) is 19.6 Å². The number of aliphatic carboxylic acids is 1. The van der Waals surface area contributed by atoms with Gasteiger partial charge in [-0.2, -0.15) is 4.72 Å². The third kappa shape index (κ3) is 6.71. The highest BCUT2D eigenvalue weighted by Crippen LogP contribution is 2.12. The van der Waals surface area contributed by atoms with Crippen LogP contribution in [0.1, 0.15) is 26.3 Å². The first-order valence-corrected chi connectivity index (χ1v) is 9.06. The number of hydrogen-bond acceptors (Lipinski definition) is 5. The van der Waals surface area contributed by atoms with E-state index >= 15 is 0 Å². The van der Waals surface area contributed by atoms with Crippen molar-refractivity contribution in [2.75, 3.05) is 13.6 Å². The van der Waals surface area contributed by atoms with Crippen molar-refractivity contribution in [2.24, 2.45) is 0 Å². The third-order valence-electron chi connectivity index (χ3n) is 3.09. The lowest BCUT2D eigenvalue weighted by Gasteiger charge is -2.26. The Morgan fingerprint density at radius 1 is 1.24 bits per heavy atom. The van der Waals surface area contributed by atoms with Crippen molar-refractivity contribution in [1.29, 1.82) is 0 Å². The number of ether oxygens (including phenoxy) is 1. The van der Waals surface area contributed by atoms with E-state index in [1.165, 1.54) is 19.2 Å². The highest BCUT2D eigenvalue weighted by Gasteiger charge is 2.29. The monoisotopic (exact) mass is 372 g/mol. The van der Waals surface area contributed by atoms with Crippen LogP contribution in [0.2, 0.25) is 0 Å². The Kier molecular flexibility index (Phi) is 6.55. The molecular formula is C16H24N2O6S. The number of benzene rings is 1. The summed E-state index contributed by atoms with van der Waals surface area (Å²) >= 11 is 0. The number of carbonyl (C=O) groups excluding carboxylic acids is 1. The van der Waals surface area contributed by atoms with Gasteiger partial charge in [0.1, 0.15) is 11.6 Å². The van der Waals surface area contributed by atoms with Crippen LogP contribution in [0.15, 0.2) is 29.2 Å². The van der Waals surface area contributed by atoms with Crippen molar-refractivity contribution in [2.45, 2.75) is 44.2 Å². The Labute approximate surface area is 147 Å². The van der Waals surface area contributed by atoms with Gasteiger partial charge in [-0.3, -0.25) is 4.79 Å². The van der Waals surface area contributed by atoms with E-state index in [1.54, 1.807) is 39.8 Å². The van der Waals surface area contributed by atoms with Crippen LogP contribution in [0.4, 0.5) is 4.79 Å². The molecule has 0 saturated carbocycles. The van der Waals surface area contributed by atoms with Gasteiger partial charge in [0, 0.05) is 7.05 Å². The van der Waals surface area contributed by atoms with Gasteiger partial charge in [0.05, 0.1) is 11.4 Å². The van der Waals surface area contributed by atoms with Gasteiger partial charge in [0.15, 0.2) is 0 Å². The fourth-order valence-electron chi connectivity index (χ4n) is 1.83. The van der Waals surface area contributed by atoms with Crippen molar-refractivity contribution < 1.29 is 27.9 Å². The summed E-state index contributed by atoms with van der Waals surface area (Å²) in [5.74, 6) is -1.40. The summed E-state index contributed by atoms with van der Waals surface area (Å²) in [5, 5.41) is 9.29. The van der Waals surface area contributed by atoms with Gasteiger partial charge in [0.25, 0.3) is 0 Å². The number of aryl methyl sites for hydroxylation is 1. The molecule has 0 bridgehead atoms. The molecule has 1 atom stereocenters. The molecule has 1 amide bonds. The number of rotatable bonds is 6. The minimum absolute atomic E-state index is 0.0516. The lowest BCUT2D eigenvalue weighted by molar-refractivity contribution is -0.139. The molecule has 0 fully saturated rings. The number of sulfonamides is 1. The topological polar surface area (TPSA) is 113 Å². The zero-order valence-electron chi connectivity index (χ0n) is 14.9. The second-order valence-corrected chi connectivity index (χ2v) is 8.40. The molecule has 8 nitrogen and oxygen atoms in total. The average molecular weight is 372 g/mol. The molecule has 9 heteroatoms. The van der Waals surface area contributed by atoms with Gasteiger partial charge < -0.3 is 14.7 Å². The zero-order valence-corrected chi connectivity index (χ0v) is 15.8. The summed E-state index contributed by atoms with van der Waals surface area (Å²) in [4.78, 5) is 24.3. The molecular weight excluding hydrogens is 348 g/mol. The number of nitrogens with zero attached hydrogens (tertiary/aromatic N) is 1. The molecule has 0 unspecified atom stereocenters. The molecule has 1 aromatic rings. The van der Waals surface area contributed by atoms with Crippen LogP contribution in [0.25, 0.3) is 0 Å². The molecule has 0 aliphatic rings. The van der Waals surface area contributed by atoms with E-state index in [9.17, 15) is 23.1 Å². The van der Waals surface area contributed by atoms with E-state index in [0.29, 0.717) is 0 Å². The van der Waals surface area contributed by atoms with Crippen molar-refractivity contribution in [1.82, 2.24) is 9.62 Å². The van der Waals surface area contributed by atoms with E-state index in [1.807, 2.05) is 0 Å². The van der Waals surface area contributed by atoms with Crippen molar-refractivity contribution >= 4 is 22.1 Å². The lowest BCUT2D eigenvalue weighted by Crippen LogP contribution is -2.49. The number of nitrogens with one attached hydrogen (secondary N) is 1. The molecule has 0 saturated heterocycles. The maximum atomic E-state index is 12.3. The SMILES string of the molecule is Cc1ccc(S(=O)(=O)N[C@@H](CN(C)C(=O)OC(C)(C)C)C(=O)O)cc1. The fourth-order valence-corrected chi connectivity index (χ4v) is 3.01. The summed E-state index contributed by atoms with van der Waals surface area (Å²) in [7, 11) is -2.70. The first-order chi connectivity index (χ1) is 11.3. The fraction of sp³-hybridized carbons (Fsp3) is 0.500. The average Bonchev–Trinajstić information content (AvgIpc) is 2.44. The van der Waals surface area contributed by atoms with Gasteiger partial charge in [-0.05, 0) is 39.8 Å². The van der Waals surface area contributed by atoms with E-state index < -0.39 is 33.7 Å². The van der Waals surface area contributed by atoms with Gasteiger partial charge in [-0.1, -0.05) is 17.7 Å². The van der Waals surface area contributed by atoms with E-state index in [0.717, 1.165) is 10.5 Å². The van der Waals surface area contributed by atoms with Crippen molar-refractivity contribution in [3.8, 4) is 0 Å². The van der Waals surface area contributed by atoms with Crippen LogP contribution in [0, 0.1) is 6.92 Å². The smallest absolute Gasteiger partial charge is 0.410 e. The third-order valence-corrected chi connectivity index (χ3v) is 4.58. The van der Waals surface area contributed by atoms with Gasteiger partial charge in [-0.15, -0.1) is 0 Å². The minimum atomic E-state index is -4.04. The Bertz CT molecular complexity index is 722. The lowest BCUT2D eigenvalue weighted by atomic mass is 10.2. The van der Waals surface area contributed by atoms with Crippen LogP contribution in [0.5, 0.6) is 0 Å². The molecule has 0 aliphatic carbocycles. The molecule has 0 aliphatic heterocycles. The van der Waals surface area contributed by atoms with Gasteiger partial charge in [-0.25, -0.2) is 13.2 Å². The normalized spacial score (nSPS) is 13.2. The Morgan fingerprint density at radius 3 is 2.20 bits per heavy atom. The van der Waals surface area contributed by atoms with Gasteiger partial charge in [0.2, 0.25) is 10.0 Å². The Morgan fingerprint density at radius 2 is 1.76 bits per heavy atom. The number of likely N-dealkylation sites (N-methyl/N-ethyl adjacent to an activating group) is 1. The molecule has 0 spiro atoms. The summed E-state index contributed by atoms with van der Waals surface area (Å²) in [6, 6.07) is 4.47. The molecule has 1 rings (SSSR count). The molecule has 0 aromatic heterocycles. The predicted octanol–water partition coefficient (Wildman–Crippen LogP) is 1.59. The first-order valence-electron chi connectivity index (χ1n) is 7.58. The van der Waals surface area contributed by atoms with Crippen LogP contribution in [-0.4, -0.2) is 55.7 Å². The van der Waals surface area contributed by atoms with E-state index in [4.69, 9.17) is 4.74 Å².